The first-order chi connectivity index (χ1) is 10.0. The highest BCUT2D eigenvalue weighted by atomic mass is 32.2. The number of benzene rings is 1. The van der Waals surface area contributed by atoms with Crippen LogP contribution in [0.2, 0.25) is 0 Å². The molecule has 2 N–H and O–H groups in total. The van der Waals surface area contributed by atoms with Gasteiger partial charge in [-0.05, 0) is 31.0 Å². The van der Waals surface area contributed by atoms with E-state index in [1.807, 2.05) is 0 Å². The molecule has 0 aliphatic rings. The summed E-state index contributed by atoms with van der Waals surface area (Å²) in [6, 6.07) is 5.72. The van der Waals surface area contributed by atoms with Crippen molar-refractivity contribution in [3.63, 3.8) is 0 Å². The molecule has 7 heteroatoms. The van der Waals surface area contributed by atoms with Gasteiger partial charge in [-0.15, -0.1) is 0 Å². The van der Waals surface area contributed by atoms with E-state index in [1.54, 1.807) is 0 Å². The van der Waals surface area contributed by atoms with Gasteiger partial charge in [0.1, 0.15) is 0 Å². The number of carbonyl (C=O) groups excluding carboxylic acids is 1. The molecule has 0 aromatic heterocycles. The highest BCUT2D eigenvalue weighted by Gasteiger charge is 2.15. The molecular formula is C14H21NO5S. The second-order valence-corrected chi connectivity index (χ2v) is 6.32. The minimum atomic E-state index is -3.62. The summed E-state index contributed by atoms with van der Waals surface area (Å²) in [4.78, 5) is 11.4. The zero-order valence-electron chi connectivity index (χ0n) is 12.0. The van der Waals surface area contributed by atoms with E-state index >= 15 is 0 Å². The van der Waals surface area contributed by atoms with Gasteiger partial charge in [-0.25, -0.2) is 17.9 Å². The summed E-state index contributed by atoms with van der Waals surface area (Å²) in [5, 5.41) is 8.64. The molecule has 1 aromatic rings. The first-order valence-electron chi connectivity index (χ1n) is 6.80. The van der Waals surface area contributed by atoms with Crippen molar-refractivity contribution in [2.24, 2.45) is 0 Å². The van der Waals surface area contributed by atoms with E-state index in [9.17, 15) is 13.2 Å². The molecule has 0 aliphatic carbocycles. The van der Waals surface area contributed by atoms with Gasteiger partial charge in [0.15, 0.2) is 0 Å². The minimum absolute atomic E-state index is 0.0424. The van der Waals surface area contributed by atoms with Gasteiger partial charge in [-0.1, -0.05) is 18.9 Å². The van der Waals surface area contributed by atoms with E-state index in [2.05, 4.69) is 9.46 Å². The minimum Gasteiger partial charge on any atom is -0.465 e. The Labute approximate surface area is 125 Å². The Balaban J connectivity index is 2.60. The summed E-state index contributed by atoms with van der Waals surface area (Å²) >= 11 is 0. The van der Waals surface area contributed by atoms with Crippen molar-refractivity contribution in [1.29, 1.82) is 0 Å². The Hall–Kier alpha value is -1.44. The fourth-order valence-corrected chi connectivity index (χ4v) is 2.91. The van der Waals surface area contributed by atoms with Crippen molar-refractivity contribution >= 4 is 16.0 Å². The number of methoxy groups -OCH3 is 1. The van der Waals surface area contributed by atoms with Crippen LogP contribution in [-0.2, 0) is 14.8 Å². The largest absolute Gasteiger partial charge is 0.465 e. The lowest BCUT2D eigenvalue weighted by atomic mass is 10.2. The number of hydrogen-bond acceptors (Lipinski definition) is 5. The number of rotatable bonds is 9. The number of unbranched alkanes of at least 4 members (excludes halogenated alkanes) is 3. The first-order valence-corrected chi connectivity index (χ1v) is 8.28. The molecular weight excluding hydrogens is 294 g/mol. The summed E-state index contributed by atoms with van der Waals surface area (Å²) in [7, 11) is -2.38. The third-order valence-corrected chi connectivity index (χ3v) is 4.40. The molecule has 0 fully saturated rings. The second-order valence-electron chi connectivity index (χ2n) is 4.56. The third kappa shape index (κ3) is 5.82. The summed E-state index contributed by atoms with van der Waals surface area (Å²) in [5.74, 6) is -0.573. The van der Waals surface area contributed by atoms with Crippen LogP contribution in [0.25, 0.3) is 0 Å². The van der Waals surface area contributed by atoms with Crippen LogP contribution in [0.3, 0.4) is 0 Å². The molecule has 0 atom stereocenters. The van der Waals surface area contributed by atoms with Crippen LogP contribution in [0.5, 0.6) is 0 Å². The number of carbonyl (C=O) groups is 1. The topological polar surface area (TPSA) is 92.7 Å². The van der Waals surface area contributed by atoms with Gasteiger partial charge in [-0.3, -0.25) is 0 Å². The fourth-order valence-electron chi connectivity index (χ4n) is 1.79. The molecule has 0 aliphatic heterocycles. The van der Waals surface area contributed by atoms with Crippen LogP contribution in [-0.4, -0.2) is 39.8 Å². The monoisotopic (exact) mass is 315 g/mol. The van der Waals surface area contributed by atoms with E-state index < -0.39 is 16.0 Å². The van der Waals surface area contributed by atoms with Gasteiger partial charge in [0, 0.05) is 13.2 Å². The molecule has 1 rings (SSSR count). The van der Waals surface area contributed by atoms with E-state index in [1.165, 1.54) is 31.4 Å². The molecule has 0 saturated carbocycles. The lowest BCUT2D eigenvalue weighted by Gasteiger charge is -2.08. The van der Waals surface area contributed by atoms with Crippen molar-refractivity contribution in [3.8, 4) is 0 Å². The van der Waals surface area contributed by atoms with Gasteiger partial charge in [0.2, 0.25) is 10.0 Å². The molecule has 118 valence electrons. The summed E-state index contributed by atoms with van der Waals surface area (Å²) in [6.45, 7) is 0.488. The van der Waals surface area contributed by atoms with Crippen molar-refractivity contribution in [3.05, 3.63) is 29.8 Å². The number of ether oxygens (including phenoxy) is 1. The van der Waals surface area contributed by atoms with Crippen molar-refractivity contribution in [1.82, 2.24) is 4.72 Å². The predicted octanol–water partition coefficient (Wildman–Crippen LogP) is 1.30. The highest BCUT2D eigenvalue weighted by Crippen LogP contribution is 2.12. The number of aliphatic hydroxyl groups excluding tert-OH is 1. The number of sulfonamides is 1. The van der Waals surface area contributed by atoms with Crippen molar-refractivity contribution in [2.75, 3.05) is 20.3 Å². The van der Waals surface area contributed by atoms with Gasteiger partial charge in [0.25, 0.3) is 0 Å². The molecule has 0 saturated heterocycles. The molecule has 1 aromatic carbocycles. The quantitative estimate of drug-likeness (QED) is 0.529. The van der Waals surface area contributed by atoms with Crippen molar-refractivity contribution < 1.29 is 23.1 Å². The van der Waals surface area contributed by atoms with Crippen LogP contribution in [0.15, 0.2) is 29.2 Å². The zero-order chi connectivity index (χ0) is 15.7. The molecule has 21 heavy (non-hydrogen) atoms. The second kappa shape index (κ2) is 8.76. The normalized spacial score (nSPS) is 11.3. The number of aliphatic hydroxyl groups is 1. The standard InChI is InChI=1S/C14H21NO5S/c1-20-14(17)12-7-6-8-13(11-12)21(18,19)15-9-4-2-3-5-10-16/h6-8,11,15-16H,2-5,9-10H2,1H3. The Kier molecular flexibility index (Phi) is 7.35. The summed E-state index contributed by atoms with van der Waals surface area (Å²) < 4.78 is 31.2. The maximum absolute atomic E-state index is 12.1. The molecule has 6 nitrogen and oxygen atoms in total. The molecule has 0 spiro atoms. The van der Waals surface area contributed by atoms with Gasteiger partial charge in [0.05, 0.1) is 17.6 Å². The first kappa shape index (κ1) is 17.6. The maximum atomic E-state index is 12.1. The molecule has 0 amide bonds. The average Bonchev–Trinajstić information content (AvgIpc) is 2.50. The Morgan fingerprint density at radius 1 is 1.24 bits per heavy atom. The van der Waals surface area contributed by atoms with Crippen LogP contribution in [0.1, 0.15) is 36.0 Å². The lowest BCUT2D eigenvalue weighted by Crippen LogP contribution is -2.25. The molecule has 0 radical (unpaired) electrons. The Bertz CT molecular complexity index is 556. The Morgan fingerprint density at radius 3 is 2.62 bits per heavy atom. The van der Waals surface area contributed by atoms with Crippen molar-refractivity contribution in [2.45, 2.75) is 30.6 Å². The zero-order valence-corrected chi connectivity index (χ0v) is 12.9. The molecule has 0 bridgehead atoms. The Morgan fingerprint density at radius 2 is 1.95 bits per heavy atom. The fraction of sp³-hybridized carbons (Fsp3) is 0.500. The van der Waals surface area contributed by atoms with Crippen LogP contribution < -0.4 is 4.72 Å². The van der Waals surface area contributed by atoms with E-state index in [4.69, 9.17) is 5.11 Å². The van der Waals surface area contributed by atoms with E-state index in [-0.39, 0.29) is 17.1 Å². The van der Waals surface area contributed by atoms with Gasteiger partial charge in [-0.2, -0.15) is 0 Å². The molecule has 0 unspecified atom stereocenters. The molecule has 0 heterocycles. The van der Waals surface area contributed by atoms with Crippen LogP contribution in [0.4, 0.5) is 0 Å². The smallest absolute Gasteiger partial charge is 0.337 e. The number of hydrogen-bond donors (Lipinski definition) is 2. The van der Waals surface area contributed by atoms with E-state index in [0.717, 1.165) is 19.3 Å². The summed E-state index contributed by atoms with van der Waals surface area (Å²) in [5.41, 5.74) is 0.198. The predicted molar refractivity (Wildman–Crippen MR) is 78.5 cm³/mol. The maximum Gasteiger partial charge on any atom is 0.337 e. The summed E-state index contributed by atoms with van der Waals surface area (Å²) in [6.07, 6.45) is 3.16. The number of esters is 1. The third-order valence-electron chi connectivity index (χ3n) is 2.94. The van der Waals surface area contributed by atoms with Gasteiger partial charge >= 0.3 is 5.97 Å². The average molecular weight is 315 g/mol. The lowest BCUT2D eigenvalue weighted by molar-refractivity contribution is 0.0600. The number of nitrogens with one attached hydrogen (secondary N) is 1. The SMILES string of the molecule is COC(=O)c1cccc(S(=O)(=O)NCCCCCCO)c1. The van der Waals surface area contributed by atoms with Gasteiger partial charge < -0.3 is 9.84 Å². The van der Waals surface area contributed by atoms with E-state index in [0.29, 0.717) is 13.0 Å². The van der Waals surface area contributed by atoms with Crippen LogP contribution >= 0.6 is 0 Å². The van der Waals surface area contributed by atoms with Crippen LogP contribution in [0, 0.1) is 0 Å². The highest BCUT2D eigenvalue weighted by molar-refractivity contribution is 7.89.